The molecule has 0 saturated carbocycles. The molecule has 0 spiro atoms. The molecule has 0 heterocycles. The Balaban J connectivity index is 2.24. The summed E-state index contributed by atoms with van der Waals surface area (Å²) in [5.41, 5.74) is 7.58. The summed E-state index contributed by atoms with van der Waals surface area (Å²) in [4.78, 5) is 12.2. The monoisotopic (exact) mass is 292 g/mol. The summed E-state index contributed by atoms with van der Waals surface area (Å²) in [7, 11) is 0. The SMILES string of the molecule is Cc1ccc(NC(=O)c2ccccc2OC(F)F)c(N)c1. The van der Waals surface area contributed by atoms with Crippen molar-refractivity contribution < 1.29 is 18.3 Å². The molecule has 0 unspecified atom stereocenters. The molecule has 3 N–H and O–H groups in total. The molecule has 0 aliphatic carbocycles. The molecule has 0 saturated heterocycles. The second kappa shape index (κ2) is 6.21. The van der Waals surface area contributed by atoms with Crippen molar-refractivity contribution in [3.8, 4) is 5.75 Å². The minimum Gasteiger partial charge on any atom is -0.434 e. The largest absolute Gasteiger partial charge is 0.434 e. The molecule has 0 aliphatic heterocycles. The van der Waals surface area contributed by atoms with Crippen molar-refractivity contribution in [3.63, 3.8) is 0 Å². The number of para-hydroxylation sites is 1. The van der Waals surface area contributed by atoms with Gasteiger partial charge in [0.25, 0.3) is 5.91 Å². The van der Waals surface area contributed by atoms with E-state index in [2.05, 4.69) is 10.1 Å². The number of hydrogen-bond donors (Lipinski definition) is 2. The Bertz CT molecular complexity index is 660. The number of ether oxygens (including phenoxy) is 1. The molecule has 6 heteroatoms. The number of aryl methyl sites for hydroxylation is 1. The molecule has 0 bridgehead atoms. The standard InChI is InChI=1S/C15H14F2N2O2/c1-9-6-7-12(11(18)8-9)19-14(20)10-4-2-3-5-13(10)21-15(16)17/h2-8,15H,18H2,1H3,(H,19,20). The summed E-state index contributed by atoms with van der Waals surface area (Å²) in [6.45, 7) is -1.13. The molecular formula is C15H14F2N2O2. The number of carbonyl (C=O) groups excluding carboxylic acids is 1. The molecule has 0 fully saturated rings. The first-order valence-corrected chi connectivity index (χ1v) is 6.18. The van der Waals surface area contributed by atoms with Gasteiger partial charge in [0.15, 0.2) is 0 Å². The summed E-state index contributed by atoms with van der Waals surface area (Å²) in [6, 6.07) is 10.9. The van der Waals surface area contributed by atoms with E-state index < -0.39 is 12.5 Å². The Morgan fingerprint density at radius 2 is 1.95 bits per heavy atom. The summed E-state index contributed by atoms with van der Waals surface area (Å²) < 4.78 is 29.0. The van der Waals surface area contributed by atoms with Crippen LogP contribution in [0.4, 0.5) is 20.2 Å². The third kappa shape index (κ3) is 3.68. The smallest absolute Gasteiger partial charge is 0.387 e. The van der Waals surface area contributed by atoms with Crippen LogP contribution < -0.4 is 15.8 Å². The number of halogens is 2. The maximum absolute atomic E-state index is 12.3. The van der Waals surface area contributed by atoms with Crippen LogP contribution in [0.2, 0.25) is 0 Å². The van der Waals surface area contributed by atoms with Crippen LogP contribution in [0, 0.1) is 6.92 Å². The van der Waals surface area contributed by atoms with E-state index in [4.69, 9.17) is 5.73 Å². The number of nitrogens with one attached hydrogen (secondary N) is 1. The van der Waals surface area contributed by atoms with Gasteiger partial charge in [0, 0.05) is 0 Å². The molecule has 0 aliphatic rings. The molecule has 2 rings (SSSR count). The van der Waals surface area contributed by atoms with E-state index in [0.717, 1.165) is 5.56 Å². The summed E-state index contributed by atoms with van der Waals surface area (Å²) in [6.07, 6.45) is 0. The highest BCUT2D eigenvalue weighted by Gasteiger charge is 2.16. The molecule has 110 valence electrons. The van der Waals surface area contributed by atoms with E-state index >= 15 is 0 Å². The fraction of sp³-hybridized carbons (Fsp3) is 0.133. The maximum atomic E-state index is 12.3. The van der Waals surface area contributed by atoms with Crippen LogP contribution in [0.15, 0.2) is 42.5 Å². The molecular weight excluding hydrogens is 278 g/mol. The van der Waals surface area contributed by atoms with Crippen LogP contribution >= 0.6 is 0 Å². The zero-order valence-corrected chi connectivity index (χ0v) is 11.3. The van der Waals surface area contributed by atoms with Gasteiger partial charge in [-0.25, -0.2) is 0 Å². The molecule has 0 aromatic heterocycles. The predicted molar refractivity (Wildman–Crippen MR) is 76.6 cm³/mol. The average Bonchev–Trinajstić information content (AvgIpc) is 2.42. The number of benzene rings is 2. The highest BCUT2D eigenvalue weighted by molar-refractivity contribution is 6.07. The molecule has 0 atom stereocenters. The van der Waals surface area contributed by atoms with Gasteiger partial charge in [0.1, 0.15) is 5.75 Å². The Labute approximate surface area is 120 Å². The number of amides is 1. The quantitative estimate of drug-likeness (QED) is 0.848. The highest BCUT2D eigenvalue weighted by Crippen LogP contribution is 2.24. The van der Waals surface area contributed by atoms with Crippen molar-refractivity contribution in [2.24, 2.45) is 0 Å². The normalized spacial score (nSPS) is 10.5. The zero-order valence-electron chi connectivity index (χ0n) is 11.3. The second-order valence-electron chi connectivity index (χ2n) is 4.42. The van der Waals surface area contributed by atoms with Crippen molar-refractivity contribution in [1.29, 1.82) is 0 Å². The Hall–Kier alpha value is -2.63. The molecule has 4 nitrogen and oxygen atoms in total. The molecule has 21 heavy (non-hydrogen) atoms. The third-order valence-corrected chi connectivity index (χ3v) is 2.80. The second-order valence-corrected chi connectivity index (χ2v) is 4.42. The maximum Gasteiger partial charge on any atom is 0.387 e. The minimum absolute atomic E-state index is 0.0118. The van der Waals surface area contributed by atoms with Crippen LogP contribution in [0.1, 0.15) is 15.9 Å². The fourth-order valence-corrected chi connectivity index (χ4v) is 1.84. The zero-order chi connectivity index (χ0) is 15.4. The van der Waals surface area contributed by atoms with Gasteiger partial charge in [0.05, 0.1) is 16.9 Å². The van der Waals surface area contributed by atoms with Crippen molar-refractivity contribution >= 4 is 17.3 Å². The van der Waals surface area contributed by atoms with Gasteiger partial charge >= 0.3 is 6.61 Å². The predicted octanol–water partition coefficient (Wildman–Crippen LogP) is 3.43. The van der Waals surface area contributed by atoms with Crippen molar-refractivity contribution in [1.82, 2.24) is 0 Å². The molecule has 2 aromatic carbocycles. The first-order valence-electron chi connectivity index (χ1n) is 6.18. The van der Waals surface area contributed by atoms with Gasteiger partial charge in [-0.3, -0.25) is 4.79 Å². The lowest BCUT2D eigenvalue weighted by Crippen LogP contribution is -2.15. The lowest BCUT2D eigenvalue weighted by atomic mass is 10.1. The van der Waals surface area contributed by atoms with Crippen molar-refractivity contribution in [2.45, 2.75) is 13.5 Å². The van der Waals surface area contributed by atoms with Gasteiger partial charge in [-0.2, -0.15) is 8.78 Å². The first kappa shape index (κ1) is 14.8. The van der Waals surface area contributed by atoms with E-state index in [1.54, 1.807) is 24.3 Å². The van der Waals surface area contributed by atoms with Gasteiger partial charge < -0.3 is 15.8 Å². The van der Waals surface area contributed by atoms with E-state index in [1.165, 1.54) is 18.2 Å². The van der Waals surface area contributed by atoms with Gasteiger partial charge in [0.2, 0.25) is 0 Å². The van der Waals surface area contributed by atoms with Crippen LogP contribution in [-0.4, -0.2) is 12.5 Å². The topological polar surface area (TPSA) is 64.3 Å². The van der Waals surface area contributed by atoms with E-state index in [0.29, 0.717) is 11.4 Å². The van der Waals surface area contributed by atoms with Crippen molar-refractivity contribution in [2.75, 3.05) is 11.1 Å². The van der Waals surface area contributed by atoms with Gasteiger partial charge in [-0.05, 0) is 36.8 Å². The van der Waals surface area contributed by atoms with Gasteiger partial charge in [-0.15, -0.1) is 0 Å². The fourth-order valence-electron chi connectivity index (χ4n) is 1.84. The summed E-state index contributed by atoms with van der Waals surface area (Å²) >= 11 is 0. The number of nitrogens with two attached hydrogens (primary N) is 1. The van der Waals surface area contributed by atoms with Crippen LogP contribution in [0.5, 0.6) is 5.75 Å². The lowest BCUT2D eigenvalue weighted by molar-refractivity contribution is -0.0501. The van der Waals surface area contributed by atoms with E-state index in [-0.39, 0.29) is 11.3 Å². The van der Waals surface area contributed by atoms with Crippen molar-refractivity contribution in [3.05, 3.63) is 53.6 Å². The number of carbonyl (C=O) groups is 1. The molecule has 2 aromatic rings. The Morgan fingerprint density at radius 3 is 2.62 bits per heavy atom. The lowest BCUT2D eigenvalue weighted by Gasteiger charge is -2.12. The summed E-state index contributed by atoms with van der Waals surface area (Å²) in [5.74, 6) is -0.752. The molecule has 1 amide bonds. The third-order valence-electron chi connectivity index (χ3n) is 2.80. The van der Waals surface area contributed by atoms with E-state index in [9.17, 15) is 13.6 Å². The molecule has 0 radical (unpaired) electrons. The van der Waals surface area contributed by atoms with Gasteiger partial charge in [-0.1, -0.05) is 18.2 Å². The average molecular weight is 292 g/mol. The minimum atomic E-state index is -3.00. The highest BCUT2D eigenvalue weighted by atomic mass is 19.3. The van der Waals surface area contributed by atoms with Crippen LogP contribution in [0.25, 0.3) is 0 Å². The van der Waals surface area contributed by atoms with Crippen LogP contribution in [-0.2, 0) is 0 Å². The van der Waals surface area contributed by atoms with E-state index in [1.807, 2.05) is 6.92 Å². The number of alkyl halides is 2. The first-order chi connectivity index (χ1) is 9.97. The van der Waals surface area contributed by atoms with Crippen LogP contribution in [0.3, 0.4) is 0 Å². The number of anilines is 2. The Kier molecular flexibility index (Phi) is 4.37. The number of rotatable bonds is 4. The Morgan fingerprint density at radius 1 is 1.24 bits per heavy atom. The number of nitrogen functional groups attached to an aromatic ring is 1. The number of hydrogen-bond acceptors (Lipinski definition) is 3. The summed E-state index contributed by atoms with van der Waals surface area (Å²) in [5, 5.41) is 2.58.